The van der Waals surface area contributed by atoms with Crippen molar-refractivity contribution < 1.29 is 0 Å². The molecule has 0 radical (unpaired) electrons. The summed E-state index contributed by atoms with van der Waals surface area (Å²) in [7, 11) is 2.13. The number of rotatable bonds is 4. The molecule has 0 bridgehead atoms. The van der Waals surface area contributed by atoms with E-state index in [0.717, 1.165) is 68.3 Å². The smallest absolute Gasteiger partial charge is 0.262 e. The third kappa shape index (κ3) is 3.65. The Balaban J connectivity index is 1.26. The van der Waals surface area contributed by atoms with Crippen molar-refractivity contribution >= 4 is 27.4 Å². The lowest BCUT2D eigenvalue weighted by atomic mass is 10.1. The number of hydrogen-bond acceptors (Lipinski definition) is 8. The Morgan fingerprint density at radius 1 is 1.10 bits per heavy atom. The molecule has 2 aliphatic rings. The molecule has 0 aliphatic carbocycles. The molecule has 3 aromatic heterocycles. The quantitative estimate of drug-likeness (QED) is 0.636. The zero-order valence-corrected chi connectivity index (χ0v) is 17.4. The maximum atomic E-state index is 13.1. The first-order valence-corrected chi connectivity index (χ1v) is 10.9. The highest BCUT2D eigenvalue weighted by molar-refractivity contribution is 7.18. The van der Waals surface area contributed by atoms with Crippen LogP contribution in [0.5, 0.6) is 0 Å². The molecule has 3 aromatic rings. The minimum atomic E-state index is 0.122. The van der Waals surface area contributed by atoms with Crippen molar-refractivity contribution in [3.05, 3.63) is 45.7 Å². The largest absolute Gasteiger partial charge is 0.354 e. The summed E-state index contributed by atoms with van der Waals surface area (Å²) >= 11 is 1.68. The summed E-state index contributed by atoms with van der Waals surface area (Å²) in [6, 6.07) is 1.95. The van der Waals surface area contributed by atoms with Gasteiger partial charge in [0.15, 0.2) is 0 Å². The van der Waals surface area contributed by atoms with E-state index in [9.17, 15) is 4.79 Å². The second kappa shape index (κ2) is 7.81. The first-order chi connectivity index (χ1) is 14.2. The van der Waals surface area contributed by atoms with Gasteiger partial charge in [-0.3, -0.25) is 14.3 Å². The molecule has 1 fully saturated rings. The second-order valence-electron chi connectivity index (χ2n) is 7.81. The molecule has 2 aliphatic heterocycles. The Labute approximate surface area is 173 Å². The highest BCUT2D eigenvalue weighted by Gasteiger charge is 2.23. The molecule has 9 heteroatoms. The number of fused-ring (bicyclic) bond motifs is 3. The fourth-order valence-electron chi connectivity index (χ4n) is 4.23. The van der Waals surface area contributed by atoms with Gasteiger partial charge in [0.2, 0.25) is 0 Å². The number of anilines is 1. The fourth-order valence-corrected chi connectivity index (χ4v) is 5.48. The van der Waals surface area contributed by atoms with Gasteiger partial charge in [0.05, 0.1) is 11.7 Å². The maximum absolute atomic E-state index is 13.1. The van der Waals surface area contributed by atoms with Gasteiger partial charge in [-0.1, -0.05) is 0 Å². The van der Waals surface area contributed by atoms with Crippen molar-refractivity contribution in [2.45, 2.75) is 19.5 Å². The highest BCUT2D eigenvalue weighted by Crippen LogP contribution is 2.31. The fraction of sp³-hybridized carbons (Fsp3) is 0.500. The van der Waals surface area contributed by atoms with Crippen LogP contribution in [0.15, 0.2) is 29.7 Å². The van der Waals surface area contributed by atoms with Crippen molar-refractivity contribution in [1.82, 2.24) is 29.3 Å². The number of likely N-dealkylation sites (N-methyl/N-ethyl adjacent to an activating group) is 1. The van der Waals surface area contributed by atoms with E-state index in [0.29, 0.717) is 6.54 Å². The Bertz CT molecular complexity index is 1060. The predicted molar refractivity (Wildman–Crippen MR) is 115 cm³/mol. The van der Waals surface area contributed by atoms with Crippen LogP contribution in [0.25, 0.3) is 10.2 Å². The second-order valence-corrected chi connectivity index (χ2v) is 8.89. The number of aromatic nitrogens is 4. The monoisotopic (exact) mass is 411 g/mol. The van der Waals surface area contributed by atoms with Crippen LogP contribution in [0.2, 0.25) is 0 Å². The minimum absolute atomic E-state index is 0.122. The van der Waals surface area contributed by atoms with Crippen molar-refractivity contribution in [3.63, 3.8) is 0 Å². The highest BCUT2D eigenvalue weighted by atomic mass is 32.1. The van der Waals surface area contributed by atoms with E-state index in [1.54, 1.807) is 34.8 Å². The molecule has 5 heterocycles. The minimum Gasteiger partial charge on any atom is -0.354 e. The van der Waals surface area contributed by atoms with Gasteiger partial charge in [0.1, 0.15) is 17.0 Å². The Morgan fingerprint density at radius 2 is 1.97 bits per heavy atom. The molecule has 0 N–H and O–H groups in total. The van der Waals surface area contributed by atoms with Crippen LogP contribution in [0.4, 0.5) is 5.82 Å². The number of thiophene rings is 1. The topological polar surface area (TPSA) is 70.4 Å². The molecule has 152 valence electrons. The lowest BCUT2D eigenvalue weighted by molar-refractivity contribution is 0.246. The number of nitrogens with zero attached hydrogens (tertiary/aromatic N) is 7. The van der Waals surface area contributed by atoms with E-state index < -0.39 is 0 Å². The van der Waals surface area contributed by atoms with Gasteiger partial charge < -0.3 is 9.80 Å². The van der Waals surface area contributed by atoms with Gasteiger partial charge >= 0.3 is 0 Å². The van der Waals surface area contributed by atoms with E-state index in [1.165, 1.54) is 10.4 Å². The molecular formula is C20H25N7OS. The summed E-state index contributed by atoms with van der Waals surface area (Å²) in [5, 5.41) is 0.856. The summed E-state index contributed by atoms with van der Waals surface area (Å²) in [5.74, 6) is 0.985. The molecule has 0 aromatic carbocycles. The van der Waals surface area contributed by atoms with Crippen LogP contribution in [-0.2, 0) is 19.5 Å². The van der Waals surface area contributed by atoms with E-state index >= 15 is 0 Å². The van der Waals surface area contributed by atoms with E-state index in [1.807, 2.05) is 6.07 Å². The summed E-state index contributed by atoms with van der Waals surface area (Å²) in [5.41, 5.74) is 1.35. The lowest BCUT2D eigenvalue weighted by Crippen LogP contribution is -2.47. The first-order valence-electron chi connectivity index (χ1n) is 10.1. The van der Waals surface area contributed by atoms with Crippen LogP contribution in [0.3, 0.4) is 0 Å². The summed E-state index contributed by atoms with van der Waals surface area (Å²) in [6.45, 7) is 7.28. The Morgan fingerprint density at radius 3 is 2.76 bits per heavy atom. The number of hydrogen-bond donors (Lipinski definition) is 0. The molecule has 29 heavy (non-hydrogen) atoms. The molecule has 0 amide bonds. The predicted octanol–water partition coefficient (Wildman–Crippen LogP) is 1.06. The zero-order chi connectivity index (χ0) is 19.8. The summed E-state index contributed by atoms with van der Waals surface area (Å²) < 4.78 is 1.80. The standard InChI is InChI=1S/C20H25N7OS/c1-24-5-3-15-16(12-24)29-19-18(15)20(28)27(14-23-19)11-8-25-6-9-26(10-7-25)17-2-4-21-13-22-17/h2,4,13-14H,3,5-12H2,1H3. The Hall–Kier alpha value is -2.36. The first kappa shape index (κ1) is 18.7. The van der Waals surface area contributed by atoms with E-state index in [-0.39, 0.29) is 5.56 Å². The molecule has 0 spiro atoms. The SMILES string of the molecule is CN1CCc2c(sc3ncn(CCN4CCN(c5ccncn5)CC4)c(=O)c23)C1. The third-order valence-corrected chi connectivity index (χ3v) is 7.06. The van der Waals surface area contributed by atoms with Gasteiger partial charge in [-0.25, -0.2) is 15.0 Å². The van der Waals surface area contributed by atoms with Crippen molar-refractivity contribution in [1.29, 1.82) is 0 Å². The normalized spacial score (nSPS) is 18.3. The van der Waals surface area contributed by atoms with Crippen LogP contribution in [-0.4, -0.2) is 75.6 Å². The average Bonchev–Trinajstić information content (AvgIpc) is 3.12. The number of piperazine rings is 1. The molecule has 0 unspecified atom stereocenters. The van der Waals surface area contributed by atoms with Crippen LogP contribution in [0, 0.1) is 0 Å². The van der Waals surface area contributed by atoms with Gasteiger partial charge in [-0.05, 0) is 25.1 Å². The van der Waals surface area contributed by atoms with Gasteiger partial charge in [0.25, 0.3) is 5.56 Å². The van der Waals surface area contributed by atoms with Crippen LogP contribution in [0.1, 0.15) is 10.4 Å². The van der Waals surface area contributed by atoms with Crippen molar-refractivity contribution in [2.75, 3.05) is 51.2 Å². The molecule has 5 rings (SSSR count). The van der Waals surface area contributed by atoms with Crippen molar-refractivity contribution in [3.8, 4) is 0 Å². The van der Waals surface area contributed by atoms with Gasteiger partial charge in [-0.2, -0.15) is 0 Å². The van der Waals surface area contributed by atoms with Crippen molar-refractivity contribution in [2.24, 2.45) is 0 Å². The molecule has 8 nitrogen and oxygen atoms in total. The van der Waals surface area contributed by atoms with Gasteiger partial charge in [-0.15, -0.1) is 11.3 Å². The molecule has 0 atom stereocenters. The maximum Gasteiger partial charge on any atom is 0.262 e. The van der Waals surface area contributed by atoms with Crippen LogP contribution < -0.4 is 10.5 Å². The molecule has 0 saturated carbocycles. The van der Waals surface area contributed by atoms with Gasteiger partial charge in [0, 0.05) is 63.4 Å². The molecular weight excluding hydrogens is 386 g/mol. The molecule has 1 saturated heterocycles. The zero-order valence-electron chi connectivity index (χ0n) is 16.6. The summed E-state index contributed by atoms with van der Waals surface area (Å²) in [4.78, 5) is 35.3. The lowest BCUT2D eigenvalue weighted by Gasteiger charge is -2.35. The average molecular weight is 412 g/mol. The van der Waals surface area contributed by atoms with Crippen LogP contribution >= 0.6 is 11.3 Å². The third-order valence-electron chi connectivity index (χ3n) is 5.94. The van der Waals surface area contributed by atoms with E-state index in [2.05, 4.69) is 36.7 Å². The van der Waals surface area contributed by atoms with E-state index in [4.69, 9.17) is 0 Å². The summed E-state index contributed by atoms with van der Waals surface area (Å²) in [6.07, 6.45) is 6.05. The Kier molecular flexibility index (Phi) is 5.03.